The molecule has 2 aliphatic carbocycles. The zero-order chi connectivity index (χ0) is 12.3. The van der Waals surface area contributed by atoms with Crippen LogP contribution in [0.15, 0.2) is 11.1 Å². The first-order valence-electron chi connectivity index (χ1n) is 6.44. The average molecular weight is 234 g/mol. The van der Waals surface area contributed by atoms with E-state index in [9.17, 15) is 9.59 Å². The van der Waals surface area contributed by atoms with Crippen LogP contribution in [-0.4, -0.2) is 17.4 Å². The lowest BCUT2D eigenvalue weighted by Crippen LogP contribution is -2.33. The maximum atomic E-state index is 12.3. The fraction of sp³-hybridized carbons (Fsp3) is 0.714. The number of allylic oxidation sites excluding steroid dienone is 2. The molecule has 3 aliphatic rings. The number of carbonyl (C=O) groups excluding carboxylic acids is 2. The molecule has 0 bridgehead atoms. The van der Waals surface area contributed by atoms with Gasteiger partial charge in [0, 0.05) is 6.42 Å². The normalized spacial score (nSPS) is 35.4. The van der Waals surface area contributed by atoms with Gasteiger partial charge in [-0.25, -0.2) is 0 Å². The molecule has 0 N–H and O–H groups in total. The van der Waals surface area contributed by atoms with Crippen molar-refractivity contribution in [3.63, 3.8) is 0 Å². The Hall–Kier alpha value is -1.12. The third-order valence-corrected chi connectivity index (χ3v) is 4.82. The van der Waals surface area contributed by atoms with E-state index in [1.165, 1.54) is 0 Å². The number of esters is 1. The number of Topliss-reactive ketones (excluding diaryl/α,β-unsaturated/α-hetero) is 1. The molecular formula is C14H18O3. The predicted octanol–water partition coefficient (Wildman–Crippen LogP) is 2.54. The lowest BCUT2D eigenvalue weighted by atomic mass is 9.76. The second-order valence-electron chi connectivity index (χ2n) is 5.95. The summed E-state index contributed by atoms with van der Waals surface area (Å²) in [4.78, 5) is 24.5. The van der Waals surface area contributed by atoms with Crippen molar-refractivity contribution in [3.05, 3.63) is 11.1 Å². The van der Waals surface area contributed by atoms with Crippen molar-refractivity contribution in [1.82, 2.24) is 0 Å². The second-order valence-corrected chi connectivity index (χ2v) is 5.95. The van der Waals surface area contributed by atoms with E-state index in [4.69, 9.17) is 4.74 Å². The van der Waals surface area contributed by atoms with E-state index < -0.39 is 5.41 Å². The van der Waals surface area contributed by atoms with Gasteiger partial charge in [-0.15, -0.1) is 0 Å². The molecule has 0 unspecified atom stereocenters. The third kappa shape index (κ3) is 1.28. The Morgan fingerprint density at radius 1 is 1.12 bits per heavy atom. The summed E-state index contributed by atoms with van der Waals surface area (Å²) >= 11 is 0. The molecule has 17 heavy (non-hydrogen) atoms. The molecule has 0 aromatic rings. The topological polar surface area (TPSA) is 43.4 Å². The van der Waals surface area contributed by atoms with Gasteiger partial charge in [0.25, 0.3) is 0 Å². The molecule has 1 saturated carbocycles. The maximum absolute atomic E-state index is 12.3. The Labute approximate surface area is 101 Å². The molecule has 0 aromatic heterocycles. The van der Waals surface area contributed by atoms with Gasteiger partial charge in [0.2, 0.25) is 0 Å². The first-order valence-corrected chi connectivity index (χ1v) is 6.44. The molecule has 1 aliphatic heterocycles. The molecule has 3 heteroatoms. The zero-order valence-corrected chi connectivity index (χ0v) is 10.5. The maximum Gasteiger partial charge on any atom is 0.321 e. The number of ketones is 1. The monoisotopic (exact) mass is 234 g/mol. The van der Waals surface area contributed by atoms with Crippen molar-refractivity contribution in [1.29, 1.82) is 0 Å². The smallest absolute Gasteiger partial charge is 0.321 e. The van der Waals surface area contributed by atoms with E-state index >= 15 is 0 Å². The van der Waals surface area contributed by atoms with E-state index in [-0.39, 0.29) is 17.4 Å². The summed E-state index contributed by atoms with van der Waals surface area (Å²) in [6.45, 7) is 3.79. The van der Waals surface area contributed by atoms with Gasteiger partial charge in [0.05, 0.1) is 0 Å². The molecule has 2 fully saturated rings. The van der Waals surface area contributed by atoms with Gasteiger partial charge in [0.1, 0.15) is 11.0 Å². The summed E-state index contributed by atoms with van der Waals surface area (Å²) in [5.74, 6) is -0.246. The van der Waals surface area contributed by atoms with Crippen molar-refractivity contribution >= 4 is 11.8 Å². The average Bonchev–Trinajstić information content (AvgIpc) is 2.89. The van der Waals surface area contributed by atoms with Gasteiger partial charge in [0.15, 0.2) is 5.78 Å². The van der Waals surface area contributed by atoms with Crippen LogP contribution in [-0.2, 0) is 14.3 Å². The zero-order valence-electron chi connectivity index (χ0n) is 10.5. The first-order chi connectivity index (χ1) is 7.99. The molecule has 3 nitrogen and oxygen atoms in total. The SMILES string of the molecule is CC1=C(C)C(=O)[C@@]2(C1)CC1(CCCC1)OC2=O. The van der Waals surface area contributed by atoms with Gasteiger partial charge in [-0.05, 0) is 51.5 Å². The van der Waals surface area contributed by atoms with Gasteiger partial charge in [-0.3, -0.25) is 9.59 Å². The van der Waals surface area contributed by atoms with Gasteiger partial charge >= 0.3 is 5.97 Å². The van der Waals surface area contributed by atoms with Crippen LogP contribution in [0.2, 0.25) is 0 Å². The van der Waals surface area contributed by atoms with Crippen molar-refractivity contribution < 1.29 is 14.3 Å². The van der Waals surface area contributed by atoms with Crippen LogP contribution < -0.4 is 0 Å². The minimum absolute atomic E-state index is 0.0174. The second kappa shape index (κ2) is 3.21. The number of carbonyl (C=O) groups is 2. The molecule has 1 saturated heterocycles. The fourth-order valence-electron chi connectivity index (χ4n) is 3.78. The number of hydrogen-bond donors (Lipinski definition) is 0. The van der Waals surface area contributed by atoms with Crippen LogP contribution >= 0.6 is 0 Å². The van der Waals surface area contributed by atoms with Crippen molar-refractivity contribution in [2.45, 2.75) is 58.0 Å². The highest BCUT2D eigenvalue weighted by molar-refractivity contribution is 6.15. The minimum atomic E-state index is -0.849. The van der Waals surface area contributed by atoms with Crippen LogP contribution in [0.4, 0.5) is 0 Å². The van der Waals surface area contributed by atoms with E-state index in [0.29, 0.717) is 12.8 Å². The van der Waals surface area contributed by atoms with Crippen LogP contribution in [0.25, 0.3) is 0 Å². The molecule has 3 rings (SSSR count). The standard InChI is InChI=1S/C14H18O3/c1-9-7-14(11(15)10(9)2)8-13(17-12(14)16)5-3-4-6-13/h3-8H2,1-2H3/t14-/m1/s1. The highest BCUT2D eigenvalue weighted by Gasteiger charge is 2.63. The fourth-order valence-corrected chi connectivity index (χ4v) is 3.78. The first kappa shape index (κ1) is 11.0. The van der Waals surface area contributed by atoms with Crippen molar-refractivity contribution in [2.24, 2.45) is 5.41 Å². The van der Waals surface area contributed by atoms with Gasteiger partial charge < -0.3 is 4.74 Å². The molecule has 0 aromatic carbocycles. The summed E-state index contributed by atoms with van der Waals surface area (Å²) in [6, 6.07) is 0. The largest absolute Gasteiger partial charge is 0.458 e. The highest BCUT2D eigenvalue weighted by Crippen LogP contribution is 2.55. The van der Waals surface area contributed by atoms with E-state index in [1.54, 1.807) is 0 Å². The Kier molecular flexibility index (Phi) is 2.08. The number of hydrogen-bond acceptors (Lipinski definition) is 3. The minimum Gasteiger partial charge on any atom is -0.458 e. The Morgan fingerprint density at radius 2 is 1.76 bits per heavy atom. The quantitative estimate of drug-likeness (QED) is 0.478. The molecular weight excluding hydrogens is 216 g/mol. The van der Waals surface area contributed by atoms with E-state index in [2.05, 4.69) is 0 Å². The van der Waals surface area contributed by atoms with Gasteiger partial charge in [-0.2, -0.15) is 0 Å². The van der Waals surface area contributed by atoms with Crippen LogP contribution in [0.5, 0.6) is 0 Å². The number of rotatable bonds is 0. The summed E-state index contributed by atoms with van der Waals surface area (Å²) in [5.41, 5.74) is 0.676. The molecule has 0 radical (unpaired) electrons. The molecule has 0 amide bonds. The predicted molar refractivity (Wildman–Crippen MR) is 62.3 cm³/mol. The van der Waals surface area contributed by atoms with E-state index in [1.807, 2.05) is 13.8 Å². The lowest BCUT2D eigenvalue weighted by molar-refractivity contribution is -0.155. The van der Waals surface area contributed by atoms with Crippen molar-refractivity contribution in [3.8, 4) is 0 Å². The summed E-state index contributed by atoms with van der Waals surface area (Å²) in [5, 5.41) is 0. The van der Waals surface area contributed by atoms with E-state index in [0.717, 1.165) is 36.8 Å². The van der Waals surface area contributed by atoms with Crippen LogP contribution in [0.1, 0.15) is 52.4 Å². The summed E-state index contributed by atoms with van der Waals surface area (Å²) in [7, 11) is 0. The van der Waals surface area contributed by atoms with Crippen LogP contribution in [0.3, 0.4) is 0 Å². The Bertz CT molecular complexity index is 440. The lowest BCUT2D eigenvalue weighted by Gasteiger charge is -2.22. The molecule has 1 heterocycles. The van der Waals surface area contributed by atoms with Gasteiger partial charge in [-0.1, -0.05) is 5.57 Å². The highest BCUT2D eigenvalue weighted by atomic mass is 16.6. The Balaban J connectivity index is 1.96. The Morgan fingerprint density at radius 3 is 2.29 bits per heavy atom. The summed E-state index contributed by atoms with van der Waals surface area (Å²) in [6.07, 6.45) is 5.30. The summed E-state index contributed by atoms with van der Waals surface area (Å²) < 4.78 is 5.63. The third-order valence-electron chi connectivity index (χ3n) is 4.82. The molecule has 2 spiro atoms. The molecule has 1 atom stereocenters. The number of ether oxygens (including phenoxy) is 1. The van der Waals surface area contributed by atoms with Crippen LogP contribution in [0, 0.1) is 5.41 Å². The molecule has 92 valence electrons. The van der Waals surface area contributed by atoms with Crippen molar-refractivity contribution in [2.75, 3.05) is 0 Å².